The smallest absolute Gasteiger partial charge is 0.306 e. The zero-order chi connectivity index (χ0) is 18.7. The van der Waals surface area contributed by atoms with Crippen molar-refractivity contribution in [3.05, 3.63) is 36.5 Å². The molecule has 0 atom stereocenters. The number of allylic oxidation sites excluding steroid dienone is 6. The minimum atomic E-state index is 0.0260. The van der Waals surface area contributed by atoms with E-state index < -0.39 is 0 Å². The molecule has 1 aliphatic rings. The minimum Gasteiger partial charge on any atom is -0.462 e. The summed E-state index contributed by atoms with van der Waals surface area (Å²) in [5.74, 6) is 0.0260. The molecule has 1 rings (SSSR count). The number of rotatable bonds is 14. The summed E-state index contributed by atoms with van der Waals surface area (Å²) in [5, 5.41) is 0. The summed E-state index contributed by atoms with van der Waals surface area (Å²) < 4.78 is 5.55. The predicted octanol–water partition coefficient (Wildman–Crippen LogP) is 7.45. The maximum Gasteiger partial charge on any atom is 0.306 e. The normalized spacial score (nSPS) is 16.2. The van der Waals surface area contributed by atoms with Crippen LogP contribution in [0.4, 0.5) is 0 Å². The Morgan fingerprint density at radius 2 is 1.42 bits per heavy atom. The SMILES string of the molecule is CC/C=C\C/C=C\C/C=C\CCCCCCCC(=O)OC1CCCCC1. The van der Waals surface area contributed by atoms with Gasteiger partial charge in [0.05, 0.1) is 0 Å². The molecule has 0 unspecified atom stereocenters. The lowest BCUT2D eigenvalue weighted by Crippen LogP contribution is -2.20. The van der Waals surface area contributed by atoms with Crippen molar-refractivity contribution in [1.29, 1.82) is 0 Å². The van der Waals surface area contributed by atoms with Crippen molar-refractivity contribution < 1.29 is 9.53 Å². The zero-order valence-corrected chi connectivity index (χ0v) is 17.0. The highest BCUT2D eigenvalue weighted by molar-refractivity contribution is 5.69. The quantitative estimate of drug-likeness (QED) is 0.183. The number of hydrogen-bond donors (Lipinski definition) is 0. The zero-order valence-electron chi connectivity index (χ0n) is 17.0. The lowest BCUT2D eigenvalue weighted by molar-refractivity contribution is -0.150. The van der Waals surface area contributed by atoms with Crippen molar-refractivity contribution >= 4 is 5.97 Å². The molecule has 1 aliphatic carbocycles. The second-order valence-corrected chi connectivity index (χ2v) is 7.35. The maximum absolute atomic E-state index is 11.8. The Morgan fingerprint density at radius 3 is 2.15 bits per heavy atom. The lowest BCUT2D eigenvalue weighted by Gasteiger charge is -2.21. The third-order valence-electron chi connectivity index (χ3n) is 4.88. The molecule has 26 heavy (non-hydrogen) atoms. The largest absolute Gasteiger partial charge is 0.462 e. The van der Waals surface area contributed by atoms with Crippen molar-refractivity contribution in [2.75, 3.05) is 0 Å². The molecule has 0 aromatic rings. The average Bonchev–Trinajstić information content (AvgIpc) is 2.65. The molecule has 0 amide bonds. The predicted molar refractivity (Wildman–Crippen MR) is 112 cm³/mol. The topological polar surface area (TPSA) is 26.3 Å². The van der Waals surface area contributed by atoms with Crippen LogP contribution in [-0.4, -0.2) is 12.1 Å². The van der Waals surface area contributed by atoms with E-state index in [1.165, 1.54) is 44.9 Å². The van der Waals surface area contributed by atoms with Gasteiger partial charge in [-0.15, -0.1) is 0 Å². The standard InChI is InChI=1S/C24H40O2/c1-2-3-4-5-6-7-8-9-10-11-12-13-14-15-19-22-24(25)26-23-20-17-16-18-21-23/h3-4,6-7,9-10,23H,2,5,8,11-22H2,1H3/b4-3-,7-6-,10-9-. The van der Waals surface area contributed by atoms with Gasteiger partial charge < -0.3 is 4.74 Å². The van der Waals surface area contributed by atoms with Crippen LogP contribution in [0.1, 0.15) is 103 Å². The molecular formula is C24H40O2. The monoisotopic (exact) mass is 360 g/mol. The fraction of sp³-hybridized carbons (Fsp3) is 0.708. The molecule has 0 aromatic carbocycles. The van der Waals surface area contributed by atoms with Gasteiger partial charge in [-0.3, -0.25) is 4.79 Å². The Balaban J connectivity index is 1.84. The van der Waals surface area contributed by atoms with Crippen molar-refractivity contribution in [3.63, 3.8) is 0 Å². The first-order chi connectivity index (χ1) is 12.8. The molecule has 0 spiro atoms. The van der Waals surface area contributed by atoms with Crippen LogP contribution in [0.2, 0.25) is 0 Å². The van der Waals surface area contributed by atoms with Crippen LogP contribution in [0.15, 0.2) is 36.5 Å². The molecule has 0 bridgehead atoms. The van der Waals surface area contributed by atoms with Gasteiger partial charge in [0.25, 0.3) is 0 Å². The Morgan fingerprint density at radius 1 is 0.808 bits per heavy atom. The highest BCUT2D eigenvalue weighted by atomic mass is 16.5. The molecule has 0 N–H and O–H groups in total. The summed E-state index contributed by atoms with van der Waals surface area (Å²) in [4.78, 5) is 11.8. The highest BCUT2D eigenvalue weighted by Crippen LogP contribution is 2.21. The third kappa shape index (κ3) is 13.9. The summed E-state index contributed by atoms with van der Waals surface area (Å²) in [6.45, 7) is 2.16. The number of hydrogen-bond acceptors (Lipinski definition) is 2. The van der Waals surface area contributed by atoms with Crippen molar-refractivity contribution in [3.8, 4) is 0 Å². The van der Waals surface area contributed by atoms with Crippen LogP contribution in [-0.2, 0) is 9.53 Å². The van der Waals surface area contributed by atoms with Crippen LogP contribution in [0.5, 0.6) is 0 Å². The number of ether oxygens (including phenoxy) is 1. The van der Waals surface area contributed by atoms with Gasteiger partial charge in [0.2, 0.25) is 0 Å². The van der Waals surface area contributed by atoms with Gasteiger partial charge in [0, 0.05) is 6.42 Å². The Labute approximate surface area is 161 Å². The van der Waals surface area contributed by atoms with Crippen molar-refractivity contribution in [2.24, 2.45) is 0 Å². The van der Waals surface area contributed by atoms with Gasteiger partial charge in [-0.25, -0.2) is 0 Å². The Kier molecular flexibility index (Phi) is 15.0. The van der Waals surface area contributed by atoms with Crippen LogP contribution < -0.4 is 0 Å². The second kappa shape index (κ2) is 17.1. The molecule has 0 aromatic heterocycles. The molecule has 1 fully saturated rings. The van der Waals surface area contributed by atoms with Crippen molar-refractivity contribution in [2.45, 2.75) is 109 Å². The lowest BCUT2D eigenvalue weighted by atomic mass is 9.98. The first-order valence-electron chi connectivity index (χ1n) is 11.0. The van der Waals surface area contributed by atoms with E-state index in [4.69, 9.17) is 4.74 Å². The van der Waals surface area contributed by atoms with Crippen LogP contribution in [0.3, 0.4) is 0 Å². The summed E-state index contributed by atoms with van der Waals surface area (Å²) in [7, 11) is 0. The molecule has 148 valence electrons. The minimum absolute atomic E-state index is 0.0260. The van der Waals surface area contributed by atoms with Gasteiger partial charge in [0.15, 0.2) is 0 Å². The van der Waals surface area contributed by atoms with Crippen LogP contribution >= 0.6 is 0 Å². The van der Waals surface area contributed by atoms with E-state index >= 15 is 0 Å². The van der Waals surface area contributed by atoms with E-state index in [0.717, 1.165) is 44.9 Å². The number of carbonyl (C=O) groups excluding carboxylic acids is 1. The summed E-state index contributed by atoms with van der Waals surface area (Å²) in [5.41, 5.74) is 0. The first-order valence-corrected chi connectivity index (χ1v) is 11.0. The molecular weight excluding hydrogens is 320 g/mol. The third-order valence-corrected chi connectivity index (χ3v) is 4.88. The van der Waals surface area contributed by atoms with E-state index in [0.29, 0.717) is 6.42 Å². The molecule has 2 nitrogen and oxygen atoms in total. The average molecular weight is 361 g/mol. The molecule has 2 heteroatoms. The summed E-state index contributed by atoms with van der Waals surface area (Å²) in [6, 6.07) is 0. The van der Waals surface area contributed by atoms with E-state index in [1.54, 1.807) is 0 Å². The fourth-order valence-electron chi connectivity index (χ4n) is 3.32. The molecule has 0 heterocycles. The van der Waals surface area contributed by atoms with E-state index in [1.807, 2.05) is 0 Å². The van der Waals surface area contributed by atoms with E-state index in [9.17, 15) is 4.79 Å². The summed E-state index contributed by atoms with van der Waals surface area (Å²) in [6.07, 6.45) is 30.5. The highest BCUT2D eigenvalue weighted by Gasteiger charge is 2.17. The molecule has 0 aliphatic heterocycles. The summed E-state index contributed by atoms with van der Waals surface area (Å²) >= 11 is 0. The fourth-order valence-corrected chi connectivity index (χ4v) is 3.32. The second-order valence-electron chi connectivity index (χ2n) is 7.35. The van der Waals surface area contributed by atoms with Gasteiger partial charge in [0.1, 0.15) is 6.10 Å². The van der Waals surface area contributed by atoms with Gasteiger partial charge in [-0.2, -0.15) is 0 Å². The van der Waals surface area contributed by atoms with Gasteiger partial charge in [-0.05, 0) is 64.2 Å². The van der Waals surface area contributed by atoms with Gasteiger partial charge in [-0.1, -0.05) is 69.1 Å². The maximum atomic E-state index is 11.8. The van der Waals surface area contributed by atoms with Crippen molar-refractivity contribution in [1.82, 2.24) is 0 Å². The number of unbranched alkanes of at least 4 members (excludes halogenated alkanes) is 5. The van der Waals surface area contributed by atoms with Crippen LogP contribution in [0.25, 0.3) is 0 Å². The van der Waals surface area contributed by atoms with E-state index in [2.05, 4.69) is 43.4 Å². The Hall–Kier alpha value is -1.31. The van der Waals surface area contributed by atoms with Gasteiger partial charge >= 0.3 is 5.97 Å². The molecule has 0 radical (unpaired) electrons. The molecule has 1 saturated carbocycles. The Bertz CT molecular complexity index is 414. The number of carbonyl (C=O) groups is 1. The van der Waals surface area contributed by atoms with E-state index in [-0.39, 0.29) is 12.1 Å². The molecule has 0 saturated heterocycles. The first kappa shape index (κ1) is 22.7. The van der Waals surface area contributed by atoms with Crippen LogP contribution in [0, 0.1) is 0 Å². The number of esters is 1.